The van der Waals surface area contributed by atoms with Gasteiger partial charge in [0, 0.05) is 17.5 Å². The number of esters is 1. The Morgan fingerprint density at radius 1 is 1.15 bits per heavy atom. The van der Waals surface area contributed by atoms with Crippen LogP contribution in [-0.2, 0) is 19.6 Å². The molecule has 0 aliphatic carbocycles. The molecule has 2 rings (SSSR count). The van der Waals surface area contributed by atoms with Gasteiger partial charge in [0.2, 0.25) is 10.0 Å². The number of rotatable bonds is 8. The van der Waals surface area contributed by atoms with Crippen LogP contribution in [0.3, 0.4) is 0 Å². The van der Waals surface area contributed by atoms with Crippen molar-refractivity contribution in [3.05, 3.63) is 77.3 Å². The highest BCUT2D eigenvalue weighted by molar-refractivity contribution is 7.89. The van der Waals surface area contributed by atoms with Crippen LogP contribution in [0.25, 0.3) is 0 Å². The molecule has 0 spiro atoms. The lowest BCUT2D eigenvalue weighted by molar-refractivity contribution is -0.137. The van der Waals surface area contributed by atoms with Crippen LogP contribution in [0.5, 0.6) is 0 Å². The third kappa shape index (κ3) is 5.98. The normalized spacial score (nSPS) is 12.8. The van der Waals surface area contributed by atoms with Crippen molar-refractivity contribution >= 4 is 27.6 Å². The van der Waals surface area contributed by atoms with Crippen molar-refractivity contribution in [3.8, 4) is 0 Å². The molecule has 5 nitrogen and oxygen atoms in total. The first-order chi connectivity index (χ1) is 12.4. The van der Waals surface area contributed by atoms with Crippen LogP contribution in [0, 0.1) is 0 Å². The van der Waals surface area contributed by atoms with Crippen molar-refractivity contribution in [2.75, 3.05) is 6.61 Å². The maximum Gasteiger partial charge on any atom is 0.330 e. The number of carbonyl (C=O) groups is 1. The first-order valence-corrected chi connectivity index (χ1v) is 9.91. The van der Waals surface area contributed by atoms with Gasteiger partial charge in [0.05, 0.1) is 17.5 Å². The number of sulfonamides is 1. The molecule has 138 valence electrons. The van der Waals surface area contributed by atoms with Gasteiger partial charge in [0.1, 0.15) is 0 Å². The van der Waals surface area contributed by atoms with E-state index in [1.54, 1.807) is 13.0 Å². The third-order valence-electron chi connectivity index (χ3n) is 3.58. The topological polar surface area (TPSA) is 72.5 Å². The molecule has 0 saturated carbocycles. The Kier molecular flexibility index (Phi) is 7.38. The lowest BCUT2D eigenvalue weighted by Gasteiger charge is -2.19. The SMILES string of the molecule is C/C=C/C(=O)OCC[C@H](NS(=O)(=O)c1ccc(Cl)cc1)c1ccccc1. The molecule has 0 bridgehead atoms. The van der Waals surface area contributed by atoms with Crippen LogP contribution in [0.2, 0.25) is 5.02 Å². The fourth-order valence-electron chi connectivity index (χ4n) is 2.31. The second-order valence-electron chi connectivity index (χ2n) is 5.49. The molecule has 1 N–H and O–H groups in total. The van der Waals surface area contributed by atoms with Gasteiger partial charge in [-0.2, -0.15) is 0 Å². The molecule has 0 amide bonds. The van der Waals surface area contributed by atoms with Crippen molar-refractivity contribution in [1.82, 2.24) is 4.72 Å². The van der Waals surface area contributed by atoms with Crippen molar-refractivity contribution < 1.29 is 17.9 Å². The maximum atomic E-state index is 12.7. The molecule has 0 heterocycles. The first-order valence-electron chi connectivity index (χ1n) is 8.04. The number of halogens is 1. The highest BCUT2D eigenvalue weighted by Crippen LogP contribution is 2.21. The zero-order valence-electron chi connectivity index (χ0n) is 14.3. The molecule has 0 saturated heterocycles. The van der Waals surface area contributed by atoms with Gasteiger partial charge in [-0.15, -0.1) is 0 Å². The maximum absolute atomic E-state index is 12.7. The van der Waals surface area contributed by atoms with Crippen LogP contribution in [0.15, 0.2) is 71.6 Å². The van der Waals surface area contributed by atoms with E-state index in [9.17, 15) is 13.2 Å². The minimum absolute atomic E-state index is 0.0892. The Hall–Kier alpha value is -2.15. The van der Waals surface area contributed by atoms with Crippen LogP contribution in [-0.4, -0.2) is 21.0 Å². The largest absolute Gasteiger partial charge is 0.462 e. The Balaban J connectivity index is 2.15. The van der Waals surface area contributed by atoms with E-state index in [1.807, 2.05) is 30.3 Å². The molecule has 26 heavy (non-hydrogen) atoms. The fourth-order valence-corrected chi connectivity index (χ4v) is 3.69. The van der Waals surface area contributed by atoms with E-state index in [-0.39, 0.29) is 11.5 Å². The highest BCUT2D eigenvalue weighted by Gasteiger charge is 2.21. The molecule has 2 aromatic carbocycles. The smallest absolute Gasteiger partial charge is 0.330 e. The highest BCUT2D eigenvalue weighted by atomic mass is 35.5. The average Bonchev–Trinajstić information content (AvgIpc) is 2.62. The van der Waals surface area contributed by atoms with E-state index in [1.165, 1.54) is 30.3 Å². The van der Waals surface area contributed by atoms with Gasteiger partial charge in [-0.3, -0.25) is 0 Å². The lowest BCUT2D eigenvalue weighted by Crippen LogP contribution is -2.29. The third-order valence-corrected chi connectivity index (χ3v) is 5.32. The lowest BCUT2D eigenvalue weighted by atomic mass is 10.1. The van der Waals surface area contributed by atoms with E-state index < -0.39 is 22.0 Å². The molecule has 1 atom stereocenters. The number of carbonyl (C=O) groups excluding carboxylic acids is 1. The number of ether oxygens (including phenoxy) is 1. The molecule has 2 aromatic rings. The summed E-state index contributed by atoms with van der Waals surface area (Å²) >= 11 is 5.82. The van der Waals surface area contributed by atoms with E-state index in [0.29, 0.717) is 11.4 Å². The second kappa shape index (κ2) is 9.52. The minimum atomic E-state index is -3.75. The van der Waals surface area contributed by atoms with E-state index >= 15 is 0 Å². The van der Waals surface area contributed by atoms with Gasteiger partial charge < -0.3 is 4.74 Å². The van der Waals surface area contributed by atoms with Gasteiger partial charge >= 0.3 is 5.97 Å². The summed E-state index contributed by atoms with van der Waals surface area (Å²) in [5.41, 5.74) is 0.784. The second-order valence-corrected chi connectivity index (χ2v) is 7.65. The molecular weight excluding hydrogens is 374 g/mol. The molecule has 0 aliphatic rings. The minimum Gasteiger partial charge on any atom is -0.462 e. The summed E-state index contributed by atoms with van der Waals surface area (Å²) in [6.45, 7) is 1.81. The molecule has 0 aromatic heterocycles. The average molecular weight is 394 g/mol. The summed E-state index contributed by atoms with van der Waals surface area (Å²) in [5.74, 6) is -0.458. The fraction of sp³-hybridized carbons (Fsp3) is 0.211. The molecule has 0 fully saturated rings. The van der Waals surface area contributed by atoms with Gasteiger partial charge in [-0.05, 0) is 36.8 Å². The summed E-state index contributed by atoms with van der Waals surface area (Å²) in [6.07, 6.45) is 3.20. The van der Waals surface area contributed by atoms with Crippen LogP contribution < -0.4 is 4.72 Å². The molecule has 0 unspecified atom stereocenters. The summed E-state index contributed by atoms with van der Waals surface area (Å²) in [6, 6.07) is 14.5. The first kappa shape index (κ1) is 20.2. The number of benzene rings is 2. The predicted octanol–water partition coefficient (Wildman–Crippen LogP) is 3.87. The van der Waals surface area contributed by atoms with Crippen molar-refractivity contribution in [2.45, 2.75) is 24.3 Å². The van der Waals surface area contributed by atoms with E-state index in [0.717, 1.165) is 5.56 Å². The van der Waals surface area contributed by atoms with Crippen molar-refractivity contribution in [2.24, 2.45) is 0 Å². The Labute approximate surface area is 158 Å². The van der Waals surface area contributed by atoms with Crippen LogP contribution in [0.1, 0.15) is 24.9 Å². The molecule has 0 aliphatic heterocycles. The summed E-state index contributed by atoms with van der Waals surface area (Å²) < 4.78 is 33.1. The standard InChI is InChI=1S/C19H20ClNO4S/c1-2-6-19(22)25-14-13-18(15-7-4-3-5-8-15)21-26(23,24)17-11-9-16(20)10-12-17/h2-12,18,21H,13-14H2,1H3/b6-2+/t18-/m0/s1. The predicted molar refractivity (Wildman–Crippen MR) is 101 cm³/mol. The zero-order valence-corrected chi connectivity index (χ0v) is 15.8. The van der Waals surface area contributed by atoms with Gasteiger partial charge in [0.15, 0.2) is 0 Å². The van der Waals surface area contributed by atoms with Gasteiger partial charge in [0.25, 0.3) is 0 Å². The van der Waals surface area contributed by atoms with Crippen molar-refractivity contribution in [3.63, 3.8) is 0 Å². The number of hydrogen-bond acceptors (Lipinski definition) is 4. The Morgan fingerprint density at radius 2 is 1.81 bits per heavy atom. The number of nitrogens with one attached hydrogen (secondary N) is 1. The summed E-state index contributed by atoms with van der Waals surface area (Å²) in [5, 5.41) is 0.458. The summed E-state index contributed by atoms with van der Waals surface area (Å²) in [4.78, 5) is 11.6. The van der Waals surface area contributed by atoms with Gasteiger partial charge in [-0.1, -0.05) is 48.0 Å². The van der Waals surface area contributed by atoms with Gasteiger partial charge in [-0.25, -0.2) is 17.9 Å². The molecule has 0 radical (unpaired) electrons. The molecular formula is C19H20ClNO4S. The monoisotopic (exact) mass is 393 g/mol. The van der Waals surface area contributed by atoms with Crippen LogP contribution >= 0.6 is 11.6 Å². The van der Waals surface area contributed by atoms with Crippen LogP contribution in [0.4, 0.5) is 0 Å². The molecule has 7 heteroatoms. The Morgan fingerprint density at radius 3 is 2.42 bits per heavy atom. The summed E-state index contributed by atoms with van der Waals surface area (Å²) in [7, 11) is -3.75. The Bertz CT molecular complexity index is 849. The zero-order chi connectivity index (χ0) is 19.0. The van der Waals surface area contributed by atoms with E-state index in [4.69, 9.17) is 16.3 Å². The quantitative estimate of drug-likeness (QED) is 0.545. The number of allylic oxidation sites excluding steroid dienone is 1. The van der Waals surface area contributed by atoms with Crippen molar-refractivity contribution in [1.29, 1.82) is 0 Å². The van der Waals surface area contributed by atoms with E-state index in [2.05, 4.69) is 4.72 Å². The number of hydrogen-bond donors (Lipinski definition) is 1.